The van der Waals surface area contributed by atoms with Crippen molar-refractivity contribution in [1.82, 2.24) is 15.8 Å². The van der Waals surface area contributed by atoms with E-state index in [1.54, 1.807) is 43.0 Å². The molecule has 2 aliphatic heterocycles. The highest BCUT2D eigenvalue weighted by Crippen LogP contribution is 2.47. The van der Waals surface area contributed by atoms with Crippen LogP contribution in [0.15, 0.2) is 88.7 Å². The van der Waals surface area contributed by atoms with Crippen LogP contribution in [0.3, 0.4) is 0 Å². The lowest BCUT2D eigenvalue weighted by Gasteiger charge is -2.32. The molecule has 166 valence electrons. The summed E-state index contributed by atoms with van der Waals surface area (Å²) >= 11 is 1.70. The zero-order valence-corrected chi connectivity index (χ0v) is 18.8. The Hall–Kier alpha value is -3.78. The van der Waals surface area contributed by atoms with Gasteiger partial charge in [-0.2, -0.15) is 5.01 Å². The number of amides is 4. The summed E-state index contributed by atoms with van der Waals surface area (Å²) in [6.45, 7) is 2.04. The second-order valence-electron chi connectivity index (χ2n) is 8.04. The minimum absolute atomic E-state index is 0.104. The van der Waals surface area contributed by atoms with Crippen molar-refractivity contribution in [3.63, 3.8) is 0 Å². The van der Waals surface area contributed by atoms with Crippen molar-refractivity contribution in [2.45, 2.75) is 28.7 Å². The summed E-state index contributed by atoms with van der Waals surface area (Å²) in [5.41, 5.74) is 3.97. The van der Waals surface area contributed by atoms with Gasteiger partial charge in [-0.1, -0.05) is 66.4 Å². The summed E-state index contributed by atoms with van der Waals surface area (Å²) in [6.07, 6.45) is 0.104. The molecule has 1 unspecified atom stereocenters. The fraction of sp³-hybridized carbons (Fsp3) is 0.160. The van der Waals surface area contributed by atoms with Gasteiger partial charge in [0, 0.05) is 22.8 Å². The Balaban J connectivity index is 1.30. The molecule has 1 atom stereocenters. The molecule has 0 spiro atoms. The number of urea groups is 1. The van der Waals surface area contributed by atoms with Gasteiger partial charge in [0.05, 0.1) is 11.4 Å². The van der Waals surface area contributed by atoms with Gasteiger partial charge in [0.15, 0.2) is 0 Å². The third-order valence-electron chi connectivity index (χ3n) is 5.87. The first kappa shape index (κ1) is 21.1. The molecule has 0 aromatic heterocycles. The third kappa shape index (κ3) is 3.72. The molecule has 2 aliphatic rings. The lowest BCUT2D eigenvalue weighted by molar-refractivity contribution is -0.138. The second kappa shape index (κ2) is 8.29. The topological polar surface area (TPSA) is 81.8 Å². The number of carbonyl (C=O) groups is 3. The Morgan fingerprint density at radius 1 is 0.909 bits per heavy atom. The zero-order chi connectivity index (χ0) is 23.0. The molecule has 8 heteroatoms. The van der Waals surface area contributed by atoms with Crippen LogP contribution in [0, 0.1) is 0 Å². The van der Waals surface area contributed by atoms with Crippen molar-refractivity contribution in [2.75, 3.05) is 11.4 Å². The fourth-order valence-corrected chi connectivity index (χ4v) is 5.22. The number of carbonyl (C=O) groups excluding carboxylic acids is 3. The summed E-state index contributed by atoms with van der Waals surface area (Å²) in [4.78, 5) is 42.6. The average Bonchev–Trinajstić information content (AvgIpc) is 3.06. The predicted octanol–water partition coefficient (Wildman–Crippen LogP) is 4.18. The average molecular weight is 459 g/mol. The van der Waals surface area contributed by atoms with E-state index >= 15 is 0 Å². The van der Waals surface area contributed by atoms with Crippen LogP contribution in [0.4, 0.5) is 16.2 Å². The molecule has 3 aromatic rings. The summed E-state index contributed by atoms with van der Waals surface area (Å²) in [5, 5.41) is 3.47. The van der Waals surface area contributed by atoms with Crippen molar-refractivity contribution >= 4 is 41.0 Å². The minimum Gasteiger partial charge on any atom is -0.339 e. The first-order valence-corrected chi connectivity index (χ1v) is 11.4. The summed E-state index contributed by atoms with van der Waals surface area (Å²) < 4.78 is 0. The largest absolute Gasteiger partial charge is 0.344 e. The van der Waals surface area contributed by atoms with Gasteiger partial charge in [0.1, 0.15) is 5.54 Å². The van der Waals surface area contributed by atoms with Gasteiger partial charge in [-0.15, -0.1) is 0 Å². The van der Waals surface area contributed by atoms with E-state index in [-0.39, 0.29) is 6.42 Å². The minimum atomic E-state index is -1.23. The molecular formula is C25H22N4O3S. The van der Waals surface area contributed by atoms with Crippen LogP contribution in [0.25, 0.3) is 0 Å². The Morgan fingerprint density at radius 2 is 1.48 bits per heavy atom. The van der Waals surface area contributed by atoms with Gasteiger partial charge in [0.2, 0.25) is 5.91 Å². The Labute approximate surface area is 195 Å². The van der Waals surface area contributed by atoms with Gasteiger partial charge in [-0.3, -0.25) is 15.0 Å². The number of fused-ring (bicyclic) bond motifs is 2. The van der Waals surface area contributed by atoms with E-state index in [1.807, 2.05) is 42.5 Å². The van der Waals surface area contributed by atoms with Crippen LogP contribution >= 0.6 is 11.8 Å². The molecule has 7 nitrogen and oxygen atoms in total. The highest BCUT2D eigenvalue weighted by Gasteiger charge is 2.49. The molecule has 0 saturated carbocycles. The van der Waals surface area contributed by atoms with Gasteiger partial charge in [-0.05, 0) is 36.8 Å². The molecule has 2 N–H and O–H groups in total. The van der Waals surface area contributed by atoms with Gasteiger partial charge in [-0.25, -0.2) is 4.79 Å². The second-order valence-corrected chi connectivity index (χ2v) is 9.12. The molecule has 1 fully saturated rings. The Kier molecular flexibility index (Phi) is 5.30. The molecule has 1 saturated heterocycles. The van der Waals surface area contributed by atoms with Crippen LogP contribution in [0.1, 0.15) is 18.9 Å². The van der Waals surface area contributed by atoms with E-state index in [4.69, 9.17) is 0 Å². The zero-order valence-electron chi connectivity index (χ0n) is 17.9. The number of hydrazine groups is 1. The third-order valence-corrected chi connectivity index (χ3v) is 7.00. The van der Waals surface area contributed by atoms with Crippen molar-refractivity contribution in [1.29, 1.82) is 0 Å². The first-order chi connectivity index (χ1) is 16.0. The van der Waals surface area contributed by atoms with Crippen molar-refractivity contribution in [3.05, 3.63) is 84.4 Å². The van der Waals surface area contributed by atoms with E-state index in [9.17, 15) is 14.4 Å². The maximum absolute atomic E-state index is 13.0. The summed E-state index contributed by atoms with van der Waals surface area (Å²) in [7, 11) is 0. The van der Waals surface area contributed by atoms with Crippen molar-refractivity contribution < 1.29 is 14.4 Å². The van der Waals surface area contributed by atoms with Crippen LogP contribution in [0.5, 0.6) is 0 Å². The van der Waals surface area contributed by atoms with E-state index in [1.165, 1.54) is 0 Å². The number of nitrogens with one attached hydrogen (secondary N) is 2. The van der Waals surface area contributed by atoms with Crippen molar-refractivity contribution in [3.8, 4) is 0 Å². The maximum atomic E-state index is 13.0. The van der Waals surface area contributed by atoms with E-state index in [2.05, 4.69) is 27.8 Å². The Morgan fingerprint density at radius 3 is 2.12 bits per heavy atom. The van der Waals surface area contributed by atoms with Crippen molar-refractivity contribution in [2.24, 2.45) is 0 Å². The number of rotatable bonds is 5. The standard InChI is InChI=1S/C25H22N4O3S/c1-25(17-9-3-2-4-10-17)23(31)29(24(32)26-25)27-22(30)15-16-28-18-11-5-7-13-20(18)33-21-14-8-6-12-19(21)28/h2-14H,15-16H2,1H3,(H,26,32)(H,27,30). The molecule has 0 aliphatic carbocycles. The SMILES string of the molecule is CC1(c2ccccc2)NC(=O)N(NC(=O)CCN2c3ccccc3Sc3ccccc32)C1=O. The van der Waals surface area contributed by atoms with Crippen LogP contribution in [-0.4, -0.2) is 29.4 Å². The van der Waals surface area contributed by atoms with Gasteiger partial charge in [0.25, 0.3) is 5.91 Å². The fourth-order valence-electron chi connectivity index (χ4n) is 4.12. The molecule has 3 aromatic carbocycles. The monoisotopic (exact) mass is 458 g/mol. The lowest BCUT2D eigenvalue weighted by atomic mass is 9.92. The predicted molar refractivity (Wildman–Crippen MR) is 126 cm³/mol. The molecular weight excluding hydrogens is 436 g/mol. The number of anilines is 2. The maximum Gasteiger partial charge on any atom is 0.344 e. The molecule has 4 amide bonds. The Bertz CT molecular complexity index is 1200. The molecule has 2 heterocycles. The van der Waals surface area contributed by atoms with E-state index < -0.39 is 23.4 Å². The number of para-hydroxylation sites is 2. The quantitative estimate of drug-likeness (QED) is 0.561. The first-order valence-electron chi connectivity index (χ1n) is 10.6. The lowest BCUT2D eigenvalue weighted by Crippen LogP contribution is -2.48. The van der Waals surface area contributed by atoms with Crippen LogP contribution < -0.4 is 15.6 Å². The number of nitrogens with zero attached hydrogens (tertiary/aromatic N) is 2. The molecule has 5 rings (SSSR count). The number of hydrogen-bond donors (Lipinski definition) is 2. The number of benzene rings is 3. The van der Waals surface area contributed by atoms with E-state index in [0.29, 0.717) is 12.1 Å². The van der Waals surface area contributed by atoms with Crippen LogP contribution in [0.2, 0.25) is 0 Å². The summed E-state index contributed by atoms with van der Waals surface area (Å²) in [6, 6.07) is 24.4. The normalized spacial score (nSPS) is 19.1. The molecule has 0 bridgehead atoms. The van der Waals surface area contributed by atoms with Gasteiger partial charge >= 0.3 is 6.03 Å². The molecule has 33 heavy (non-hydrogen) atoms. The van der Waals surface area contributed by atoms with E-state index in [0.717, 1.165) is 26.2 Å². The highest BCUT2D eigenvalue weighted by atomic mass is 32.2. The number of imide groups is 1. The van der Waals surface area contributed by atoms with Gasteiger partial charge < -0.3 is 10.2 Å². The highest BCUT2D eigenvalue weighted by molar-refractivity contribution is 7.99. The number of hydrogen-bond acceptors (Lipinski definition) is 5. The van der Waals surface area contributed by atoms with Crippen LogP contribution in [-0.2, 0) is 15.1 Å². The smallest absolute Gasteiger partial charge is 0.339 e. The molecule has 0 radical (unpaired) electrons. The summed E-state index contributed by atoms with van der Waals surface area (Å²) in [5.74, 6) is -0.930.